The van der Waals surface area contributed by atoms with E-state index in [1.165, 1.54) is 22.4 Å². The molecule has 1 aliphatic rings. The zero-order valence-electron chi connectivity index (χ0n) is 12.0. The van der Waals surface area contributed by atoms with Crippen molar-refractivity contribution in [1.29, 1.82) is 0 Å². The Bertz CT molecular complexity index is 575. The molecule has 0 spiro atoms. The largest absolute Gasteiger partial charge is 0.367 e. The fourth-order valence-corrected chi connectivity index (χ4v) is 2.96. The molecule has 0 bridgehead atoms. The van der Waals surface area contributed by atoms with Crippen molar-refractivity contribution in [3.63, 3.8) is 0 Å². The summed E-state index contributed by atoms with van der Waals surface area (Å²) in [6.45, 7) is 4.18. The Morgan fingerprint density at radius 2 is 1.90 bits per heavy atom. The number of hydrogen-bond donors (Lipinski definition) is 1. The molecular weight excluding hydrogens is 244 g/mol. The van der Waals surface area contributed by atoms with Crippen LogP contribution in [0.2, 0.25) is 0 Å². The third-order valence-corrected chi connectivity index (χ3v) is 3.92. The second-order valence-electron chi connectivity index (χ2n) is 5.80. The van der Waals surface area contributed by atoms with Crippen LogP contribution in [0.15, 0.2) is 48.5 Å². The van der Waals surface area contributed by atoms with Gasteiger partial charge in [0, 0.05) is 24.8 Å². The van der Waals surface area contributed by atoms with Gasteiger partial charge in [0.05, 0.1) is 0 Å². The third kappa shape index (κ3) is 2.86. The molecule has 3 rings (SSSR count). The number of benzene rings is 2. The molecule has 1 atom stereocenters. The van der Waals surface area contributed by atoms with Gasteiger partial charge in [0.2, 0.25) is 0 Å². The molecule has 0 saturated carbocycles. The number of nitrogens with two attached hydrogens (primary N) is 1. The van der Waals surface area contributed by atoms with Crippen LogP contribution >= 0.6 is 0 Å². The van der Waals surface area contributed by atoms with Crippen LogP contribution in [-0.4, -0.2) is 12.6 Å². The van der Waals surface area contributed by atoms with Crippen molar-refractivity contribution in [2.24, 2.45) is 5.73 Å². The van der Waals surface area contributed by atoms with Gasteiger partial charge >= 0.3 is 0 Å². The summed E-state index contributed by atoms with van der Waals surface area (Å²) < 4.78 is 0. The average molecular weight is 266 g/mol. The molecule has 0 amide bonds. The molecule has 1 aliphatic heterocycles. The fourth-order valence-electron chi connectivity index (χ4n) is 2.96. The summed E-state index contributed by atoms with van der Waals surface area (Å²) in [6, 6.07) is 17.7. The van der Waals surface area contributed by atoms with Gasteiger partial charge in [0.1, 0.15) is 0 Å². The van der Waals surface area contributed by atoms with E-state index in [4.69, 9.17) is 5.73 Å². The molecule has 0 fully saturated rings. The van der Waals surface area contributed by atoms with Crippen LogP contribution in [0.5, 0.6) is 0 Å². The Balaban J connectivity index is 1.81. The van der Waals surface area contributed by atoms with E-state index in [1.807, 2.05) is 0 Å². The van der Waals surface area contributed by atoms with E-state index in [9.17, 15) is 0 Å². The van der Waals surface area contributed by atoms with Crippen molar-refractivity contribution in [2.75, 3.05) is 11.4 Å². The molecule has 20 heavy (non-hydrogen) atoms. The third-order valence-electron chi connectivity index (χ3n) is 3.92. The first kappa shape index (κ1) is 13.2. The van der Waals surface area contributed by atoms with Gasteiger partial charge in [0.15, 0.2) is 0 Å². The van der Waals surface area contributed by atoms with Crippen molar-refractivity contribution in [3.8, 4) is 0 Å². The Labute approximate surface area is 121 Å². The number of fused-ring (bicyclic) bond motifs is 1. The van der Waals surface area contributed by atoms with Gasteiger partial charge in [0.25, 0.3) is 0 Å². The van der Waals surface area contributed by atoms with Crippen molar-refractivity contribution in [1.82, 2.24) is 0 Å². The quantitative estimate of drug-likeness (QED) is 0.921. The highest BCUT2D eigenvalue weighted by Crippen LogP contribution is 2.30. The molecule has 2 N–H and O–H groups in total. The van der Waals surface area contributed by atoms with Gasteiger partial charge < -0.3 is 10.6 Å². The second-order valence-corrected chi connectivity index (χ2v) is 5.80. The normalized spacial score (nSPS) is 15.2. The van der Waals surface area contributed by atoms with E-state index in [1.54, 1.807) is 0 Å². The fraction of sp³-hybridized carbons (Fsp3) is 0.333. The molecule has 0 saturated heterocycles. The minimum absolute atomic E-state index is 0.219. The molecule has 0 aromatic heterocycles. The highest BCUT2D eigenvalue weighted by molar-refractivity contribution is 5.59. The molecule has 1 heterocycles. The van der Waals surface area contributed by atoms with Crippen LogP contribution in [0.1, 0.15) is 23.6 Å². The lowest BCUT2D eigenvalue weighted by molar-refractivity contribution is 0.737. The van der Waals surface area contributed by atoms with E-state index in [-0.39, 0.29) is 6.04 Å². The maximum atomic E-state index is 5.91. The Kier molecular flexibility index (Phi) is 3.75. The first-order chi connectivity index (χ1) is 9.72. The van der Waals surface area contributed by atoms with E-state index < -0.39 is 0 Å². The van der Waals surface area contributed by atoms with E-state index in [2.05, 4.69) is 60.4 Å². The number of rotatable bonds is 4. The number of anilines is 1. The second kappa shape index (κ2) is 5.68. The summed E-state index contributed by atoms with van der Waals surface area (Å²) in [5.41, 5.74) is 11.5. The smallest absolute Gasteiger partial charge is 0.0429 e. The van der Waals surface area contributed by atoms with Gasteiger partial charge in [-0.2, -0.15) is 0 Å². The van der Waals surface area contributed by atoms with Gasteiger partial charge in [-0.1, -0.05) is 42.5 Å². The van der Waals surface area contributed by atoms with Crippen LogP contribution in [0.25, 0.3) is 0 Å². The zero-order valence-corrected chi connectivity index (χ0v) is 12.0. The molecule has 2 heteroatoms. The SMILES string of the molecule is CC(N)Cc1ccc2c(c1)N(Cc1ccccc1)CC2. The van der Waals surface area contributed by atoms with E-state index >= 15 is 0 Å². The van der Waals surface area contributed by atoms with Crippen molar-refractivity contribution >= 4 is 5.69 Å². The Morgan fingerprint density at radius 1 is 1.10 bits per heavy atom. The first-order valence-corrected chi connectivity index (χ1v) is 7.38. The standard InChI is InChI=1S/C18H22N2/c1-14(19)11-16-7-8-17-9-10-20(18(17)12-16)13-15-5-3-2-4-6-15/h2-8,12,14H,9-11,13,19H2,1H3. The molecule has 1 unspecified atom stereocenters. The molecular formula is C18H22N2. The predicted octanol–water partition coefficient (Wildman–Crippen LogP) is 3.14. The summed E-state index contributed by atoms with van der Waals surface area (Å²) in [5, 5.41) is 0. The van der Waals surface area contributed by atoms with Gasteiger partial charge in [-0.15, -0.1) is 0 Å². The molecule has 2 aromatic rings. The van der Waals surface area contributed by atoms with Crippen molar-refractivity contribution in [3.05, 3.63) is 65.2 Å². The van der Waals surface area contributed by atoms with Crippen LogP contribution in [0, 0.1) is 0 Å². The topological polar surface area (TPSA) is 29.3 Å². The van der Waals surface area contributed by atoms with Crippen LogP contribution in [0.3, 0.4) is 0 Å². The monoisotopic (exact) mass is 266 g/mol. The minimum atomic E-state index is 0.219. The lowest BCUT2D eigenvalue weighted by atomic mass is 10.0. The zero-order chi connectivity index (χ0) is 13.9. The maximum absolute atomic E-state index is 5.91. The molecule has 0 radical (unpaired) electrons. The Hall–Kier alpha value is -1.80. The maximum Gasteiger partial charge on any atom is 0.0429 e. The average Bonchev–Trinajstić information content (AvgIpc) is 2.82. The van der Waals surface area contributed by atoms with Crippen LogP contribution in [-0.2, 0) is 19.4 Å². The first-order valence-electron chi connectivity index (χ1n) is 7.38. The van der Waals surface area contributed by atoms with Gasteiger partial charge in [-0.3, -0.25) is 0 Å². The summed E-state index contributed by atoms with van der Waals surface area (Å²) in [4.78, 5) is 2.48. The Morgan fingerprint density at radius 3 is 2.65 bits per heavy atom. The number of hydrogen-bond acceptors (Lipinski definition) is 2. The summed E-state index contributed by atoms with van der Waals surface area (Å²) in [6.07, 6.45) is 2.10. The van der Waals surface area contributed by atoms with Gasteiger partial charge in [-0.25, -0.2) is 0 Å². The highest BCUT2D eigenvalue weighted by atomic mass is 15.1. The van der Waals surface area contributed by atoms with E-state index in [0.29, 0.717) is 0 Å². The van der Waals surface area contributed by atoms with Gasteiger partial charge in [-0.05, 0) is 42.5 Å². The summed E-state index contributed by atoms with van der Waals surface area (Å²) >= 11 is 0. The lowest BCUT2D eigenvalue weighted by Gasteiger charge is -2.20. The van der Waals surface area contributed by atoms with Crippen molar-refractivity contribution in [2.45, 2.75) is 32.4 Å². The molecule has 2 nitrogen and oxygen atoms in total. The highest BCUT2D eigenvalue weighted by Gasteiger charge is 2.19. The lowest BCUT2D eigenvalue weighted by Crippen LogP contribution is -2.20. The summed E-state index contributed by atoms with van der Waals surface area (Å²) in [7, 11) is 0. The van der Waals surface area contributed by atoms with Crippen molar-refractivity contribution < 1.29 is 0 Å². The van der Waals surface area contributed by atoms with Crippen LogP contribution in [0.4, 0.5) is 5.69 Å². The minimum Gasteiger partial charge on any atom is -0.367 e. The summed E-state index contributed by atoms with van der Waals surface area (Å²) in [5.74, 6) is 0. The number of nitrogens with zero attached hydrogens (tertiary/aromatic N) is 1. The molecule has 2 aromatic carbocycles. The van der Waals surface area contributed by atoms with Crippen LogP contribution < -0.4 is 10.6 Å². The molecule has 0 aliphatic carbocycles. The predicted molar refractivity (Wildman–Crippen MR) is 85.0 cm³/mol. The molecule has 104 valence electrons. The van der Waals surface area contributed by atoms with E-state index in [0.717, 1.165) is 25.9 Å².